The van der Waals surface area contributed by atoms with E-state index in [1.807, 2.05) is 18.2 Å². The second kappa shape index (κ2) is 7.85. The monoisotopic (exact) mass is 263 g/mol. The number of nitrogens with two attached hydrogens (primary N) is 1. The standard InChI is InChI=1S/C16H25NO2/c1-5-14(17)10-13-11-15(18-4)6-7-16(13)19-9-8-12(2)3/h6-8,11,14H,5,9-10,17H2,1-4H3. The molecule has 0 aromatic heterocycles. The predicted octanol–water partition coefficient (Wildman–Crippen LogP) is 3.32. The summed E-state index contributed by atoms with van der Waals surface area (Å²) in [4.78, 5) is 0. The van der Waals surface area contributed by atoms with Gasteiger partial charge < -0.3 is 15.2 Å². The molecule has 1 aromatic carbocycles. The molecule has 3 heteroatoms. The van der Waals surface area contributed by atoms with Crippen molar-refractivity contribution in [2.75, 3.05) is 13.7 Å². The van der Waals surface area contributed by atoms with Crippen LogP contribution in [0.25, 0.3) is 0 Å². The Bertz CT molecular complexity index is 423. The average molecular weight is 263 g/mol. The van der Waals surface area contributed by atoms with Crippen LogP contribution in [0.4, 0.5) is 0 Å². The van der Waals surface area contributed by atoms with E-state index in [1.54, 1.807) is 7.11 Å². The summed E-state index contributed by atoms with van der Waals surface area (Å²) in [5, 5.41) is 0. The molecule has 106 valence electrons. The molecule has 0 aliphatic carbocycles. The van der Waals surface area contributed by atoms with E-state index >= 15 is 0 Å². The Morgan fingerprint density at radius 1 is 1.37 bits per heavy atom. The van der Waals surface area contributed by atoms with Gasteiger partial charge in [0.15, 0.2) is 0 Å². The zero-order valence-corrected chi connectivity index (χ0v) is 12.4. The Balaban J connectivity index is 2.85. The first-order valence-corrected chi connectivity index (χ1v) is 6.75. The normalized spacial score (nSPS) is 11.8. The molecule has 1 rings (SSSR count). The van der Waals surface area contributed by atoms with Crippen molar-refractivity contribution in [3.8, 4) is 11.5 Å². The van der Waals surface area contributed by atoms with Crippen molar-refractivity contribution in [2.24, 2.45) is 5.73 Å². The van der Waals surface area contributed by atoms with E-state index in [4.69, 9.17) is 15.2 Å². The minimum atomic E-state index is 0.151. The molecular weight excluding hydrogens is 238 g/mol. The van der Waals surface area contributed by atoms with E-state index in [-0.39, 0.29) is 6.04 Å². The lowest BCUT2D eigenvalue weighted by atomic mass is 10.0. The van der Waals surface area contributed by atoms with Crippen LogP contribution in [0.3, 0.4) is 0 Å². The Labute approximate surface area is 116 Å². The maximum atomic E-state index is 6.03. The summed E-state index contributed by atoms with van der Waals surface area (Å²) in [5.41, 5.74) is 8.39. The molecule has 0 saturated carbocycles. The molecule has 0 fully saturated rings. The lowest BCUT2D eigenvalue weighted by molar-refractivity contribution is 0.354. The van der Waals surface area contributed by atoms with Crippen LogP contribution in [0, 0.1) is 0 Å². The maximum absolute atomic E-state index is 6.03. The highest BCUT2D eigenvalue weighted by Gasteiger charge is 2.09. The molecule has 1 aromatic rings. The Morgan fingerprint density at radius 2 is 2.11 bits per heavy atom. The van der Waals surface area contributed by atoms with Crippen LogP contribution in [0.15, 0.2) is 29.8 Å². The highest BCUT2D eigenvalue weighted by Crippen LogP contribution is 2.25. The van der Waals surface area contributed by atoms with Gasteiger partial charge in [0.25, 0.3) is 0 Å². The fourth-order valence-corrected chi connectivity index (χ4v) is 1.71. The van der Waals surface area contributed by atoms with Crippen LogP contribution in [0.2, 0.25) is 0 Å². The minimum Gasteiger partial charge on any atom is -0.497 e. The number of rotatable bonds is 7. The van der Waals surface area contributed by atoms with Gasteiger partial charge in [-0.05, 0) is 56.5 Å². The second-order valence-corrected chi connectivity index (χ2v) is 4.94. The number of hydrogen-bond donors (Lipinski definition) is 1. The van der Waals surface area contributed by atoms with Crippen molar-refractivity contribution in [1.29, 1.82) is 0 Å². The minimum absolute atomic E-state index is 0.151. The van der Waals surface area contributed by atoms with Gasteiger partial charge in [-0.15, -0.1) is 0 Å². The predicted molar refractivity (Wildman–Crippen MR) is 79.9 cm³/mol. The number of methoxy groups -OCH3 is 1. The van der Waals surface area contributed by atoms with Gasteiger partial charge in [0.05, 0.1) is 7.11 Å². The molecule has 2 N–H and O–H groups in total. The topological polar surface area (TPSA) is 44.5 Å². The van der Waals surface area contributed by atoms with Crippen molar-refractivity contribution in [3.05, 3.63) is 35.4 Å². The summed E-state index contributed by atoms with van der Waals surface area (Å²) in [6.07, 6.45) is 3.82. The zero-order chi connectivity index (χ0) is 14.3. The first kappa shape index (κ1) is 15.6. The molecule has 0 spiro atoms. The largest absolute Gasteiger partial charge is 0.497 e. The summed E-state index contributed by atoms with van der Waals surface area (Å²) in [6.45, 7) is 6.80. The van der Waals surface area contributed by atoms with Crippen molar-refractivity contribution < 1.29 is 9.47 Å². The first-order chi connectivity index (χ1) is 9.06. The quantitative estimate of drug-likeness (QED) is 0.767. The van der Waals surface area contributed by atoms with E-state index in [9.17, 15) is 0 Å². The lowest BCUT2D eigenvalue weighted by Gasteiger charge is -2.15. The molecule has 0 heterocycles. The zero-order valence-electron chi connectivity index (χ0n) is 12.4. The number of allylic oxidation sites excluding steroid dienone is 1. The molecule has 1 atom stereocenters. The van der Waals surface area contributed by atoms with Gasteiger partial charge in [0.2, 0.25) is 0 Å². The fraction of sp³-hybridized carbons (Fsp3) is 0.500. The van der Waals surface area contributed by atoms with E-state index in [2.05, 4.69) is 26.8 Å². The molecule has 0 saturated heterocycles. The molecular formula is C16H25NO2. The van der Waals surface area contributed by atoms with Crippen molar-refractivity contribution in [3.63, 3.8) is 0 Å². The Kier molecular flexibility index (Phi) is 6.43. The van der Waals surface area contributed by atoms with Crippen LogP contribution in [-0.4, -0.2) is 19.8 Å². The third-order valence-electron chi connectivity index (χ3n) is 3.00. The van der Waals surface area contributed by atoms with Gasteiger partial charge >= 0.3 is 0 Å². The summed E-state index contributed by atoms with van der Waals surface area (Å²) in [7, 11) is 1.67. The summed E-state index contributed by atoms with van der Waals surface area (Å²) in [6, 6.07) is 6.03. The van der Waals surface area contributed by atoms with Crippen LogP contribution in [-0.2, 0) is 6.42 Å². The highest BCUT2D eigenvalue weighted by atomic mass is 16.5. The number of hydrogen-bond acceptors (Lipinski definition) is 3. The van der Waals surface area contributed by atoms with E-state index in [0.29, 0.717) is 6.61 Å². The van der Waals surface area contributed by atoms with Crippen LogP contribution >= 0.6 is 0 Å². The summed E-state index contributed by atoms with van der Waals surface area (Å²) < 4.78 is 11.1. The second-order valence-electron chi connectivity index (χ2n) is 4.94. The van der Waals surface area contributed by atoms with Crippen molar-refractivity contribution >= 4 is 0 Å². The number of ether oxygens (including phenoxy) is 2. The van der Waals surface area contributed by atoms with Crippen molar-refractivity contribution in [2.45, 2.75) is 39.7 Å². The van der Waals surface area contributed by atoms with E-state index in [0.717, 1.165) is 29.9 Å². The Hall–Kier alpha value is -1.48. The fourth-order valence-electron chi connectivity index (χ4n) is 1.71. The third-order valence-corrected chi connectivity index (χ3v) is 3.00. The number of benzene rings is 1. The Morgan fingerprint density at radius 3 is 2.68 bits per heavy atom. The van der Waals surface area contributed by atoms with Gasteiger partial charge in [-0.1, -0.05) is 12.5 Å². The van der Waals surface area contributed by atoms with Gasteiger partial charge in [-0.25, -0.2) is 0 Å². The molecule has 0 radical (unpaired) electrons. The maximum Gasteiger partial charge on any atom is 0.123 e. The smallest absolute Gasteiger partial charge is 0.123 e. The van der Waals surface area contributed by atoms with Gasteiger partial charge in [-0.2, -0.15) is 0 Å². The average Bonchev–Trinajstić information content (AvgIpc) is 2.39. The van der Waals surface area contributed by atoms with Crippen LogP contribution in [0.5, 0.6) is 11.5 Å². The van der Waals surface area contributed by atoms with Gasteiger partial charge in [0, 0.05) is 6.04 Å². The SMILES string of the molecule is CCC(N)Cc1cc(OC)ccc1OCC=C(C)C. The molecule has 19 heavy (non-hydrogen) atoms. The molecule has 0 aliphatic heterocycles. The van der Waals surface area contributed by atoms with Crippen molar-refractivity contribution in [1.82, 2.24) is 0 Å². The third kappa shape index (κ3) is 5.35. The highest BCUT2D eigenvalue weighted by molar-refractivity contribution is 5.41. The summed E-state index contributed by atoms with van der Waals surface area (Å²) in [5.74, 6) is 1.73. The molecule has 0 amide bonds. The summed E-state index contributed by atoms with van der Waals surface area (Å²) >= 11 is 0. The molecule has 0 aliphatic rings. The van der Waals surface area contributed by atoms with Gasteiger partial charge in [0.1, 0.15) is 18.1 Å². The van der Waals surface area contributed by atoms with Crippen LogP contribution < -0.4 is 15.2 Å². The lowest BCUT2D eigenvalue weighted by Crippen LogP contribution is -2.21. The van der Waals surface area contributed by atoms with E-state index in [1.165, 1.54) is 5.57 Å². The first-order valence-electron chi connectivity index (χ1n) is 6.75. The van der Waals surface area contributed by atoms with E-state index < -0.39 is 0 Å². The molecule has 3 nitrogen and oxygen atoms in total. The molecule has 0 bridgehead atoms. The van der Waals surface area contributed by atoms with Gasteiger partial charge in [-0.3, -0.25) is 0 Å². The molecule has 1 unspecified atom stereocenters. The van der Waals surface area contributed by atoms with Crippen LogP contribution in [0.1, 0.15) is 32.8 Å².